The molecule has 0 radical (unpaired) electrons. The minimum atomic E-state index is -2.67. The molecule has 3 heteroatoms. The first-order valence-electron chi connectivity index (χ1n) is 19.8. The summed E-state index contributed by atoms with van der Waals surface area (Å²) in [6, 6.07) is 81.3. The Hall–Kier alpha value is -7.20. The number of hydrogen-bond acceptors (Lipinski definition) is 0. The Bertz CT molecular complexity index is 3280. The molecule has 0 N–H and O–H groups in total. The number of para-hydroxylation sites is 2. The van der Waals surface area contributed by atoms with Crippen molar-refractivity contribution in [3.05, 3.63) is 218 Å². The van der Waals surface area contributed by atoms with E-state index in [1.807, 2.05) is 0 Å². The topological polar surface area (TPSA) is 9.86 Å². The summed E-state index contributed by atoms with van der Waals surface area (Å²) < 4.78 is 5.00. The van der Waals surface area contributed by atoms with E-state index >= 15 is 0 Å². The van der Waals surface area contributed by atoms with E-state index in [4.69, 9.17) is 0 Å². The molecule has 2 aromatic heterocycles. The molecule has 0 spiro atoms. The van der Waals surface area contributed by atoms with Gasteiger partial charge in [-0.15, -0.1) is 0 Å². The van der Waals surface area contributed by atoms with Gasteiger partial charge in [0.25, 0.3) is 0 Å². The fourth-order valence-electron chi connectivity index (χ4n) is 10.1. The largest absolute Gasteiger partial charge is 0.309 e. The molecule has 2 nitrogen and oxygen atoms in total. The Balaban J connectivity index is 1.15. The van der Waals surface area contributed by atoms with Crippen LogP contribution in [0.2, 0.25) is 0 Å². The van der Waals surface area contributed by atoms with Crippen LogP contribution in [0.25, 0.3) is 77.2 Å². The maximum Gasteiger partial charge on any atom is 0.180 e. The van der Waals surface area contributed by atoms with E-state index in [1.165, 1.54) is 92.3 Å². The second kappa shape index (κ2) is 12.4. The first kappa shape index (κ1) is 32.1. The van der Waals surface area contributed by atoms with Crippen molar-refractivity contribution in [3.8, 4) is 33.6 Å². The van der Waals surface area contributed by atoms with E-state index in [9.17, 15) is 0 Å². The highest BCUT2D eigenvalue weighted by atomic mass is 28.3. The third-order valence-electron chi connectivity index (χ3n) is 12.4. The SMILES string of the molecule is c1ccc(-c2ccc(-n3c4ccccc4c4ccc5c(c6ccccc6n5-c5ccc6c(c5)[Si](c5ccccc5)(c5ccccc5)c5ccccc5-6)c43)cc2)cc1. The average Bonchev–Trinajstić information content (AvgIpc) is 3.91. The van der Waals surface area contributed by atoms with Gasteiger partial charge in [0.05, 0.1) is 22.1 Å². The van der Waals surface area contributed by atoms with Gasteiger partial charge in [0.1, 0.15) is 0 Å². The molecule has 0 saturated carbocycles. The van der Waals surface area contributed by atoms with Crippen LogP contribution >= 0.6 is 0 Å². The minimum absolute atomic E-state index is 1.15. The van der Waals surface area contributed by atoms with Crippen LogP contribution in [0.5, 0.6) is 0 Å². The van der Waals surface area contributed by atoms with Crippen LogP contribution in [0.15, 0.2) is 218 Å². The quantitative estimate of drug-likeness (QED) is 0.156. The van der Waals surface area contributed by atoms with Crippen LogP contribution in [-0.2, 0) is 0 Å². The third kappa shape index (κ3) is 4.52. The Labute approximate surface area is 332 Å². The zero-order valence-electron chi connectivity index (χ0n) is 31.2. The van der Waals surface area contributed by atoms with Gasteiger partial charge in [-0.3, -0.25) is 0 Å². The molecule has 0 unspecified atom stereocenters. The number of aromatic nitrogens is 2. The van der Waals surface area contributed by atoms with Crippen LogP contribution in [0, 0.1) is 0 Å². The maximum atomic E-state index is 2.54. The van der Waals surface area contributed by atoms with E-state index in [1.54, 1.807) is 0 Å². The zero-order valence-corrected chi connectivity index (χ0v) is 32.2. The molecule has 3 heterocycles. The van der Waals surface area contributed by atoms with Crippen LogP contribution in [0.3, 0.4) is 0 Å². The van der Waals surface area contributed by atoms with Crippen molar-refractivity contribution in [2.24, 2.45) is 0 Å². The van der Waals surface area contributed by atoms with Crippen molar-refractivity contribution in [2.45, 2.75) is 0 Å². The predicted octanol–water partition coefficient (Wildman–Crippen LogP) is 10.9. The molecule has 57 heavy (non-hydrogen) atoms. The van der Waals surface area contributed by atoms with E-state index in [0.29, 0.717) is 0 Å². The molecule has 9 aromatic carbocycles. The Kier molecular flexibility index (Phi) is 6.98. The van der Waals surface area contributed by atoms with Gasteiger partial charge < -0.3 is 9.13 Å². The highest BCUT2D eigenvalue weighted by Gasteiger charge is 2.48. The lowest BCUT2D eigenvalue weighted by Gasteiger charge is -2.31. The summed E-state index contributed by atoms with van der Waals surface area (Å²) in [6.07, 6.45) is 0. The second-order valence-electron chi connectivity index (χ2n) is 15.2. The predicted molar refractivity (Wildman–Crippen MR) is 243 cm³/mol. The van der Waals surface area contributed by atoms with Crippen molar-refractivity contribution >= 4 is 72.4 Å². The van der Waals surface area contributed by atoms with E-state index < -0.39 is 8.07 Å². The zero-order chi connectivity index (χ0) is 37.5. The van der Waals surface area contributed by atoms with Gasteiger partial charge in [0.15, 0.2) is 8.07 Å². The Morgan fingerprint density at radius 3 is 1.58 bits per heavy atom. The lowest BCUT2D eigenvalue weighted by atomic mass is 10.1. The highest BCUT2D eigenvalue weighted by molar-refractivity contribution is 7.22. The molecule has 0 atom stereocenters. The van der Waals surface area contributed by atoms with Gasteiger partial charge in [-0.25, -0.2) is 0 Å². The molecule has 0 fully saturated rings. The van der Waals surface area contributed by atoms with Gasteiger partial charge >= 0.3 is 0 Å². The van der Waals surface area contributed by atoms with E-state index in [0.717, 1.165) is 5.69 Å². The highest BCUT2D eigenvalue weighted by Crippen LogP contribution is 2.42. The van der Waals surface area contributed by atoms with Crippen molar-refractivity contribution in [2.75, 3.05) is 0 Å². The van der Waals surface area contributed by atoms with Gasteiger partial charge in [0.2, 0.25) is 0 Å². The van der Waals surface area contributed by atoms with Gasteiger partial charge in [0, 0.05) is 32.9 Å². The van der Waals surface area contributed by atoms with Crippen molar-refractivity contribution in [1.82, 2.24) is 9.13 Å². The number of fused-ring (bicyclic) bond motifs is 10. The Morgan fingerprint density at radius 2 is 0.860 bits per heavy atom. The van der Waals surface area contributed by atoms with Crippen molar-refractivity contribution < 1.29 is 0 Å². The molecular weight excluding hydrogens is 705 g/mol. The molecule has 0 aliphatic carbocycles. The summed E-state index contributed by atoms with van der Waals surface area (Å²) in [5.74, 6) is 0. The molecule has 11 aromatic rings. The van der Waals surface area contributed by atoms with Crippen LogP contribution in [0.1, 0.15) is 0 Å². The summed E-state index contributed by atoms with van der Waals surface area (Å²) in [5, 5.41) is 10.8. The Morgan fingerprint density at radius 1 is 0.316 bits per heavy atom. The second-order valence-corrected chi connectivity index (χ2v) is 19.0. The molecule has 1 aliphatic rings. The maximum absolute atomic E-state index is 2.67. The summed E-state index contributed by atoms with van der Waals surface area (Å²) in [5.41, 5.74) is 12.3. The van der Waals surface area contributed by atoms with E-state index in [-0.39, 0.29) is 0 Å². The summed E-state index contributed by atoms with van der Waals surface area (Å²) in [7, 11) is -2.67. The fraction of sp³-hybridized carbons (Fsp3) is 0. The summed E-state index contributed by atoms with van der Waals surface area (Å²) >= 11 is 0. The molecule has 0 amide bonds. The molecular formula is C54H36N2Si. The summed E-state index contributed by atoms with van der Waals surface area (Å²) in [4.78, 5) is 0. The third-order valence-corrected chi connectivity index (χ3v) is 17.3. The molecule has 0 saturated heterocycles. The normalized spacial score (nSPS) is 13.1. The van der Waals surface area contributed by atoms with Gasteiger partial charge in [-0.2, -0.15) is 0 Å². The van der Waals surface area contributed by atoms with Crippen LogP contribution in [0.4, 0.5) is 0 Å². The number of benzene rings is 9. The molecule has 12 rings (SSSR count). The summed E-state index contributed by atoms with van der Waals surface area (Å²) in [6.45, 7) is 0. The average molecular weight is 741 g/mol. The lowest BCUT2D eigenvalue weighted by molar-refractivity contribution is 1.18. The molecule has 1 aliphatic heterocycles. The minimum Gasteiger partial charge on any atom is -0.309 e. The number of nitrogens with zero attached hydrogens (tertiary/aromatic N) is 2. The molecule has 266 valence electrons. The van der Waals surface area contributed by atoms with Crippen molar-refractivity contribution in [3.63, 3.8) is 0 Å². The number of hydrogen-bond donors (Lipinski definition) is 0. The standard InChI is InChI=1S/C54H36N2Si/c1-4-16-37(17-5-1)38-28-30-39(31-29-38)56-48-25-13-10-22-43(48)46-34-35-50-53(54(46)56)47-24-11-14-26-49(47)55(50)40-32-33-45-44-23-12-15-27-51(44)57(52(45)36-40,41-18-6-2-7-19-41)42-20-8-3-9-21-42/h1-36H. The van der Waals surface area contributed by atoms with Crippen LogP contribution in [-0.4, -0.2) is 17.2 Å². The van der Waals surface area contributed by atoms with E-state index in [2.05, 4.69) is 228 Å². The van der Waals surface area contributed by atoms with Crippen molar-refractivity contribution in [1.29, 1.82) is 0 Å². The first-order valence-corrected chi connectivity index (χ1v) is 21.8. The number of rotatable bonds is 5. The monoisotopic (exact) mass is 740 g/mol. The lowest BCUT2D eigenvalue weighted by Crippen LogP contribution is -2.72. The van der Waals surface area contributed by atoms with Gasteiger partial charge in [-0.05, 0) is 85.5 Å². The first-order chi connectivity index (χ1) is 28.3. The van der Waals surface area contributed by atoms with Gasteiger partial charge in [-0.1, -0.05) is 176 Å². The van der Waals surface area contributed by atoms with Crippen LogP contribution < -0.4 is 20.7 Å². The smallest absolute Gasteiger partial charge is 0.180 e. The molecule has 0 bridgehead atoms. The fourth-order valence-corrected chi connectivity index (χ4v) is 15.3.